The van der Waals surface area contributed by atoms with Gasteiger partial charge in [-0.05, 0) is 46.6 Å². The Morgan fingerprint density at radius 3 is 2.63 bits per heavy atom. The van der Waals surface area contributed by atoms with E-state index in [-0.39, 0.29) is 0 Å². The van der Waals surface area contributed by atoms with Gasteiger partial charge in [-0.2, -0.15) is 0 Å². The lowest BCUT2D eigenvalue weighted by atomic mass is 10.2. The van der Waals surface area contributed by atoms with Crippen LogP contribution in [0.5, 0.6) is 0 Å². The summed E-state index contributed by atoms with van der Waals surface area (Å²) in [6, 6.07) is 7.20. The first kappa shape index (κ1) is 14.6. The number of aryl methyl sites for hydroxylation is 1. The van der Waals surface area contributed by atoms with Crippen molar-refractivity contribution >= 4 is 42.8 Å². The fourth-order valence-corrected chi connectivity index (χ4v) is 3.69. The molecule has 102 valence electrons. The summed E-state index contributed by atoms with van der Waals surface area (Å²) in [7, 11) is -3.17. The monoisotopic (exact) mass is 359 g/mol. The van der Waals surface area contributed by atoms with Crippen LogP contribution in [0.4, 0.5) is 5.69 Å². The molecule has 3 nitrogen and oxygen atoms in total. The van der Waals surface area contributed by atoms with Crippen LogP contribution in [0.15, 0.2) is 39.0 Å². The smallest absolute Gasteiger partial charge is 0.175 e. The van der Waals surface area contributed by atoms with Crippen LogP contribution >= 0.6 is 27.3 Å². The van der Waals surface area contributed by atoms with E-state index in [4.69, 9.17) is 0 Å². The third-order valence-corrected chi connectivity index (χ3v) is 5.52. The Bertz CT molecular complexity index is 692. The van der Waals surface area contributed by atoms with Gasteiger partial charge in [0.1, 0.15) is 0 Å². The Labute approximate surface area is 125 Å². The molecule has 6 heteroatoms. The molecule has 1 N–H and O–H groups in total. The van der Waals surface area contributed by atoms with Gasteiger partial charge < -0.3 is 5.32 Å². The van der Waals surface area contributed by atoms with E-state index in [0.717, 1.165) is 15.7 Å². The van der Waals surface area contributed by atoms with Crippen LogP contribution in [0.2, 0.25) is 0 Å². The largest absolute Gasteiger partial charge is 0.380 e. The number of anilines is 1. The fraction of sp³-hybridized carbons (Fsp3) is 0.231. The molecule has 2 rings (SSSR count). The lowest BCUT2D eigenvalue weighted by Gasteiger charge is -2.10. The molecule has 0 aliphatic carbocycles. The SMILES string of the molecule is Cc1ccc(S(C)(=O)=O)cc1NCc1cc(Br)cs1. The molecular weight excluding hydrogens is 346 g/mol. The molecule has 0 spiro atoms. The molecule has 0 amide bonds. The van der Waals surface area contributed by atoms with E-state index >= 15 is 0 Å². The summed E-state index contributed by atoms with van der Waals surface area (Å²) in [6.07, 6.45) is 1.22. The van der Waals surface area contributed by atoms with E-state index < -0.39 is 9.84 Å². The summed E-state index contributed by atoms with van der Waals surface area (Å²) in [5.41, 5.74) is 1.88. The number of thiophene rings is 1. The van der Waals surface area contributed by atoms with Gasteiger partial charge in [0.15, 0.2) is 9.84 Å². The summed E-state index contributed by atoms with van der Waals surface area (Å²) < 4.78 is 24.1. The first-order chi connectivity index (χ1) is 8.86. The summed E-state index contributed by atoms with van der Waals surface area (Å²) >= 11 is 5.07. The number of hydrogen-bond acceptors (Lipinski definition) is 4. The van der Waals surface area contributed by atoms with E-state index in [1.807, 2.05) is 24.4 Å². The van der Waals surface area contributed by atoms with Crippen LogP contribution in [-0.2, 0) is 16.4 Å². The average Bonchev–Trinajstić information content (AvgIpc) is 2.72. The molecule has 0 saturated carbocycles. The first-order valence-electron chi connectivity index (χ1n) is 5.64. The topological polar surface area (TPSA) is 46.2 Å². The normalized spacial score (nSPS) is 11.5. The Morgan fingerprint density at radius 2 is 2.05 bits per heavy atom. The second-order valence-electron chi connectivity index (χ2n) is 4.33. The molecule has 19 heavy (non-hydrogen) atoms. The van der Waals surface area contributed by atoms with Crippen molar-refractivity contribution in [3.05, 3.63) is 44.6 Å². The van der Waals surface area contributed by atoms with Gasteiger partial charge >= 0.3 is 0 Å². The number of halogens is 1. The number of benzene rings is 1. The highest BCUT2D eigenvalue weighted by Crippen LogP contribution is 2.23. The maximum atomic E-state index is 11.5. The second kappa shape index (κ2) is 5.64. The molecule has 0 unspecified atom stereocenters. The van der Waals surface area contributed by atoms with Gasteiger partial charge in [-0.1, -0.05) is 6.07 Å². The maximum absolute atomic E-state index is 11.5. The van der Waals surface area contributed by atoms with Crippen molar-refractivity contribution in [3.8, 4) is 0 Å². The highest BCUT2D eigenvalue weighted by atomic mass is 79.9. The summed E-state index contributed by atoms with van der Waals surface area (Å²) in [5, 5.41) is 5.30. The molecule has 0 fully saturated rings. The van der Waals surface area contributed by atoms with Gasteiger partial charge in [-0.3, -0.25) is 0 Å². The van der Waals surface area contributed by atoms with Gasteiger partial charge in [-0.25, -0.2) is 8.42 Å². The molecule has 1 aromatic carbocycles. The van der Waals surface area contributed by atoms with Crippen molar-refractivity contribution in [2.45, 2.75) is 18.4 Å². The van der Waals surface area contributed by atoms with Crippen molar-refractivity contribution in [2.24, 2.45) is 0 Å². The molecule has 0 bridgehead atoms. The Morgan fingerprint density at radius 1 is 1.32 bits per heavy atom. The molecule has 0 saturated heterocycles. The van der Waals surface area contributed by atoms with Crippen molar-refractivity contribution < 1.29 is 8.42 Å². The number of hydrogen-bond donors (Lipinski definition) is 1. The molecular formula is C13H14BrNO2S2. The van der Waals surface area contributed by atoms with E-state index in [9.17, 15) is 8.42 Å². The number of nitrogens with one attached hydrogen (secondary N) is 1. The van der Waals surface area contributed by atoms with Crippen LogP contribution in [0, 0.1) is 6.92 Å². The zero-order valence-electron chi connectivity index (χ0n) is 10.6. The molecule has 0 aliphatic rings. The Hall–Kier alpha value is -0.850. The molecule has 0 radical (unpaired) electrons. The summed E-state index contributed by atoms with van der Waals surface area (Å²) in [5.74, 6) is 0. The summed E-state index contributed by atoms with van der Waals surface area (Å²) in [6.45, 7) is 2.64. The minimum atomic E-state index is -3.17. The summed E-state index contributed by atoms with van der Waals surface area (Å²) in [4.78, 5) is 1.53. The van der Waals surface area contributed by atoms with Crippen LogP contribution < -0.4 is 5.32 Å². The minimum absolute atomic E-state index is 0.341. The Kier molecular flexibility index (Phi) is 4.32. The lowest BCUT2D eigenvalue weighted by Crippen LogP contribution is -2.03. The first-order valence-corrected chi connectivity index (χ1v) is 9.20. The van der Waals surface area contributed by atoms with Crippen LogP contribution in [0.3, 0.4) is 0 Å². The molecule has 1 aromatic heterocycles. The zero-order chi connectivity index (χ0) is 14.0. The van der Waals surface area contributed by atoms with E-state index in [2.05, 4.69) is 21.2 Å². The fourth-order valence-electron chi connectivity index (χ4n) is 1.65. The van der Waals surface area contributed by atoms with E-state index in [1.165, 1.54) is 11.1 Å². The Balaban J connectivity index is 2.20. The van der Waals surface area contributed by atoms with Crippen molar-refractivity contribution in [3.63, 3.8) is 0 Å². The average molecular weight is 360 g/mol. The van der Waals surface area contributed by atoms with Crippen LogP contribution in [0.25, 0.3) is 0 Å². The van der Waals surface area contributed by atoms with Crippen molar-refractivity contribution in [1.29, 1.82) is 0 Å². The highest BCUT2D eigenvalue weighted by molar-refractivity contribution is 9.10. The van der Waals surface area contributed by atoms with Gasteiger partial charge in [0.05, 0.1) is 4.90 Å². The van der Waals surface area contributed by atoms with Gasteiger partial charge in [0, 0.05) is 33.2 Å². The molecule has 0 atom stereocenters. The lowest BCUT2D eigenvalue weighted by molar-refractivity contribution is 0.602. The molecule has 0 aliphatic heterocycles. The standard InChI is InChI=1S/C13H14BrNO2S2/c1-9-3-4-12(19(2,16)17)6-13(9)15-7-11-5-10(14)8-18-11/h3-6,8,15H,7H2,1-2H3. The predicted octanol–water partition coefficient (Wildman–Crippen LogP) is 3.83. The van der Waals surface area contributed by atoms with Crippen molar-refractivity contribution in [1.82, 2.24) is 0 Å². The van der Waals surface area contributed by atoms with Crippen LogP contribution in [-0.4, -0.2) is 14.7 Å². The van der Waals surface area contributed by atoms with Crippen molar-refractivity contribution in [2.75, 3.05) is 11.6 Å². The third-order valence-electron chi connectivity index (χ3n) is 2.71. The number of rotatable bonds is 4. The zero-order valence-corrected chi connectivity index (χ0v) is 13.8. The van der Waals surface area contributed by atoms with Crippen LogP contribution in [0.1, 0.15) is 10.4 Å². The molecule has 2 aromatic rings. The minimum Gasteiger partial charge on any atom is -0.380 e. The highest BCUT2D eigenvalue weighted by Gasteiger charge is 2.09. The van der Waals surface area contributed by atoms with E-state index in [1.54, 1.807) is 23.5 Å². The van der Waals surface area contributed by atoms with Gasteiger partial charge in [-0.15, -0.1) is 11.3 Å². The number of sulfone groups is 1. The second-order valence-corrected chi connectivity index (χ2v) is 8.26. The quantitative estimate of drug-likeness (QED) is 0.901. The van der Waals surface area contributed by atoms with E-state index in [0.29, 0.717) is 11.4 Å². The molecule has 1 heterocycles. The van der Waals surface area contributed by atoms with Gasteiger partial charge in [0.25, 0.3) is 0 Å². The third kappa shape index (κ3) is 3.81. The maximum Gasteiger partial charge on any atom is 0.175 e. The van der Waals surface area contributed by atoms with Gasteiger partial charge in [0.2, 0.25) is 0 Å². The predicted molar refractivity (Wildman–Crippen MR) is 83.6 cm³/mol.